The highest BCUT2D eigenvalue weighted by Gasteiger charge is 2.13. The number of hydrogen-bond acceptors (Lipinski definition) is 2. The predicted octanol–water partition coefficient (Wildman–Crippen LogP) is 5.74. The maximum Gasteiger partial charge on any atom is 0.224 e. The van der Waals surface area contributed by atoms with Crippen molar-refractivity contribution in [2.45, 2.75) is 46.0 Å². The van der Waals surface area contributed by atoms with Gasteiger partial charge in [-0.25, -0.2) is 0 Å². The van der Waals surface area contributed by atoms with Crippen LogP contribution in [0, 0.1) is 6.92 Å². The highest BCUT2D eigenvalue weighted by Crippen LogP contribution is 2.24. The Morgan fingerprint density at radius 3 is 2.40 bits per heavy atom. The van der Waals surface area contributed by atoms with E-state index in [4.69, 9.17) is 16.3 Å². The Bertz CT molecular complexity index is 718. The van der Waals surface area contributed by atoms with Crippen molar-refractivity contribution in [3.05, 3.63) is 58.6 Å². The van der Waals surface area contributed by atoms with Crippen LogP contribution in [0.1, 0.15) is 44.7 Å². The molecule has 0 unspecified atom stereocenters. The Balaban J connectivity index is 1.73. The third kappa shape index (κ3) is 6.09. The first-order valence-corrected chi connectivity index (χ1v) is 8.93. The minimum atomic E-state index is -0.0356. The molecule has 0 spiro atoms. The summed E-state index contributed by atoms with van der Waals surface area (Å²) in [4.78, 5) is 12.0. The molecule has 4 heteroatoms. The molecule has 25 heavy (non-hydrogen) atoms. The first-order chi connectivity index (χ1) is 11.8. The zero-order valence-electron chi connectivity index (χ0n) is 15.4. The first kappa shape index (κ1) is 19.3. The molecular weight excluding hydrogens is 334 g/mol. The lowest BCUT2D eigenvalue weighted by atomic mass is 9.87. The highest BCUT2D eigenvalue weighted by molar-refractivity contribution is 6.31. The van der Waals surface area contributed by atoms with E-state index in [2.05, 4.69) is 38.2 Å². The number of anilines is 1. The second kappa shape index (κ2) is 8.39. The quantitative estimate of drug-likeness (QED) is 0.667. The van der Waals surface area contributed by atoms with E-state index in [9.17, 15) is 4.79 Å². The lowest BCUT2D eigenvalue weighted by molar-refractivity contribution is -0.116. The topological polar surface area (TPSA) is 38.3 Å². The zero-order valence-corrected chi connectivity index (χ0v) is 16.1. The molecule has 0 aliphatic heterocycles. The summed E-state index contributed by atoms with van der Waals surface area (Å²) >= 11 is 6.06. The molecule has 0 fully saturated rings. The molecule has 0 aliphatic rings. The van der Waals surface area contributed by atoms with Crippen molar-refractivity contribution in [3.63, 3.8) is 0 Å². The average Bonchev–Trinajstić information content (AvgIpc) is 2.55. The smallest absolute Gasteiger partial charge is 0.224 e. The van der Waals surface area contributed by atoms with E-state index in [0.717, 1.165) is 17.0 Å². The summed E-state index contributed by atoms with van der Waals surface area (Å²) in [5, 5.41) is 3.51. The van der Waals surface area contributed by atoms with Gasteiger partial charge in [0.25, 0.3) is 0 Å². The van der Waals surface area contributed by atoms with Crippen LogP contribution >= 0.6 is 11.6 Å². The van der Waals surface area contributed by atoms with Crippen molar-refractivity contribution in [2.24, 2.45) is 0 Å². The average molecular weight is 360 g/mol. The lowest BCUT2D eigenvalue weighted by Crippen LogP contribution is -2.13. The van der Waals surface area contributed by atoms with Crippen LogP contribution in [-0.2, 0) is 10.2 Å². The van der Waals surface area contributed by atoms with Gasteiger partial charge < -0.3 is 10.1 Å². The Morgan fingerprint density at radius 2 is 1.80 bits per heavy atom. The number of hydrogen-bond donors (Lipinski definition) is 1. The molecule has 2 aromatic carbocycles. The zero-order chi connectivity index (χ0) is 18.4. The Labute approximate surface area is 155 Å². The van der Waals surface area contributed by atoms with E-state index in [-0.39, 0.29) is 11.3 Å². The Hall–Kier alpha value is -2.00. The second-order valence-corrected chi connectivity index (χ2v) is 7.65. The van der Waals surface area contributed by atoms with Gasteiger partial charge in [0, 0.05) is 17.1 Å². The molecule has 0 radical (unpaired) electrons. The molecule has 3 nitrogen and oxygen atoms in total. The van der Waals surface area contributed by atoms with E-state index in [0.29, 0.717) is 24.5 Å². The third-order valence-corrected chi connectivity index (χ3v) is 4.40. The number of benzene rings is 2. The van der Waals surface area contributed by atoms with Crippen LogP contribution in [0.5, 0.6) is 5.75 Å². The van der Waals surface area contributed by atoms with Gasteiger partial charge in [-0.3, -0.25) is 4.79 Å². The molecule has 0 bridgehead atoms. The van der Waals surface area contributed by atoms with Crippen LogP contribution in [0.25, 0.3) is 0 Å². The number of carbonyl (C=O) groups is 1. The highest BCUT2D eigenvalue weighted by atomic mass is 35.5. The summed E-state index contributed by atoms with van der Waals surface area (Å²) in [5.74, 6) is 0.797. The largest absolute Gasteiger partial charge is 0.494 e. The Kier molecular flexibility index (Phi) is 6.49. The number of amides is 1. The fourth-order valence-electron chi connectivity index (χ4n) is 2.37. The number of halogens is 1. The molecular formula is C21H26ClNO2. The van der Waals surface area contributed by atoms with E-state index >= 15 is 0 Å². The second-order valence-electron chi connectivity index (χ2n) is 7.24. The Morgan fingerprint density at radius 1 is 1.12 bits per heavy atom. The number of nitrogens with one attached hydrogen (secondary N) is 1. The standard InChI is InChI=1S/C21H26ClNO2/c1-15-7-10-17(14-19(15)22)23-20(24)6-5-13-25-18-11-8-16(9-12-18)21(2,3)4/h7-12,14H,5-6,13H2,1-4H3,(H,23,24). The van der Waals surface area contributed by atoms with Crippen molar-refractivity contribution in [3.8, 4) is 5.75 Å². The van der Waals surface area contributed by atoms with Gasteiger partial charge in [-0.05, 0) is 54.2 Å². The van der Waals surface area contributed by atoms with Gasteiger partial charge in [0.1, 0.15) is 5.75 Å². The summed E-state index contributed by atoms with van der Waals surface area (Å²) < 4.78 is 5.71. The summed E-state index contributed by atoms with van der Waals surface area (Å²) in [6.45, 7) is 8.99. The van der Waals surface area contributed by atoms with E-state index in [1.54, 1.807) is 6.07 Å². The third-order valence-electron chi connectivity index (χ3n) is 3.99. The maximum atomic E-state index is 12.0. The minimum absolute atomic E-state index is 0.0356. The van der Waals surface area contributed by atoms with Gasteiger partial charge in [0.05, 0.1) is 6.61 Å². The molecule has 1 amide bonds. The summed E-state index contributed by atoms with van der Waals surface area (Å²) in [5.41, 5.74) is 3.12. The van der Waals surface area contributed by atoms with Crippen LogP contribution < -0.4 is 10.1 Å². The SMILES string of the molecule is Cc1ccc(NC(=O)CCCOc2ccc(C(C)(C)C)cc2)cc1Cl. The number of ether oxygens (including phenoxy) is 1. The molecule has 2 rings (SSSR count). The molecule has 134 valence electrons. The normalized spacial score (nSPS) is 11.2. The van der Waals surface area contributed by atoms with Gasteiger partial charge in [-0.1, -0.05) is 50.6 Å². The van der Waals surface area contributed by atoms with E-state index in [1.807, 2.05) is 31.2 Å². The number of carbonyl (C=O) groups excluding carboxylic acids is 1. The molecule has 0 saturated heterocycles. The molecule has 0 saturated carbocycles. The predicted molar refractivity (Wildman–Crippen MR) is 105 cm³/mol. The molecule has 1 N–H and O–H groups in total. The van der Waals surface area contributed by atoms with Gasteiger partial charge in [-0.2, -0.15) is 0 Å². The molecule has 2 aromatic rings. The fourth-order valence-corrected chi connectivity index (χ4v) is 2.55. The molecule has 0 aromatic heterocycles. The van der Waals surface area contributed by atoms with E-state index < -0.39 is 0 Å². The van der Waals surface area contributed by atoms with Crippen LogP contribution in [0.3, 0.4) is 0 Å². The fraction of sp³-hybridized carbons (Fsp3) is 0.381. The summed E-state index contributed by atoms with van der Waals surface area (Å²) in [6.07, 6.45) is 1.07. The van der Waals surface area contributed by atoms with Gasteiger partial charge >= 0.3 is 0 Å². The van der Waals surface area contributed by atoms with Crippen LogP contribution in [-0.4, -0.2) is 12.5 Å². The monoisotopic (exact) mass is 359 g/mol. The van der Waals surface area contributed by atoms with E-state index in [1.165, 1.54) is 5.56 Å². The minimum Gasteiger partial charge on any atom is -0.494 e. The van der Waals surface area contributed by atoms with Crippen molar-refractivity contribution in [2.75, 3.05) is 11.9 Å². The van der Waals surface area contributed by atoms with Crippen LogP contribution in [0.15, 0.2) is 42.5 Å². The van der Waals surface area contributed by atoms with Crippen molar-refractivity contribution < 1.29 is 9.53 Å². The number of aryl methyl sites for hydroxylation is 1. The summed E-state index contributed by atoms with van der Waals surface area (Å²) in [7, 11) is 0. The first-order valence-electron chi connectivity index (χ1n) is 8.55. The number of rotatable bonds is 6. The molecule has 0 heterocycles. The van der Waals surface area contributed by atoms with Crippen molar-refractivity contribution >= 4 is 23.2 Å². The molecule has 0 atom stereocenters. The van der Waals surface area contributed by atoms with Gasteiger partial charge in [-0.15, -0.1) is 0 Å². The van der Waals surface area contributed by atoms with Crippen LogP contribution in [0.2, 0.25) is 5.02 Å². The van der Waals surface area contributed by atoms with Crippen molar-refractivity contribution in [1.29, 1.82) is 0 Å². The lowest BCUT2D eigenvalue weighted by Gasteiger charge is -2.19. The van der Waals surface area contributed by atoms with Crippen molar-refractivity contribution in [1.82, 2.24) is 0 Å². The molecule has 0 aliphatic carbocycles. The van der Waals surface area contributed by atoms with Crippen LogP contribution in [0.4, 0.5) is 5.69 Å². The maximum absolute atomic E-state index is 12.0. The summed E-state index contributed by atoms with van der Waals surface area (Å²) in [6, 6.07) is 13.6. The van der Waals surface area contributed by atoms with Gasteiger partial charge in [0.15, 0.2) is 0 Å². The van der Waals surface area contributed by atoms with Gasteiger partial charge in [0.2, 0.25) is 5.91 Å².